The van der Waals surface area contributed by atoms with E-state index in [0.29, 0.717) is 5.56 Å². The van der Waals surface area contributed by atoms with Crippen LogP contribution >= 0.6 is 0 Å². The van der Waals surface area contributed by atoms with Crippen molar-refractivity contribution in [1.29, 1.82) is 0 Å². The maximum Gasteiger partial charge on any atom is 0.416 e. The molecule has 98 valence electrons. The first-order valence-electron chi connectivity index (χ1n) is 5.01. The molecule has 0 saturated carbocycles. The fourth-order valence-corrected chi connectivity index (χ4v) is 1.35. The fraction of sp³-hybridized carbons (Fsp3) is 0.364. The Balaban J connectivity index is 3.09. The van der Waals surface area contributed by atoms with E-state index in [4.69, 9.17) is 0 Å². The first-order chi connectivity index (χ1) is 8.40. The number of nitroso groups, excluding NO2 is 1. The average molecular weight is 260 g/mol. The van der Waals surface area contributed by atoms with Gasteiger partial charge >= 0.3 is 6.18 Å². The van der Waals surface area contributed by atoms with Crippen molar-refractivity contribution in [3.63, 3.8) is 0 Å². The largest absolute Gasteiger partial charge is 0.416 e. The van der Waals surface area contributed by atoms with Gasteiger partial charge in [-0.25, -0.2) is 0 Å². The minimum Gasteiger partial charge on any atom is -0.399 e. The minimum absolute atomic E-state index is 0.182. The van der Waals surface area contributed by atoms with E-state index < -0.39 is 17.8 Å². The number of rotatable bonds is 4. The van der Waals surface area contributed by atoms with Crippen molar-refractivity contribution in [3.8, 4) is 0 Å². The summed E-state index contributed by atoms with van der Waals surface area (Å²) in [4.78, 5) is 15.0. The molecule has 0 aliphatic carbocycles. The molecule has 7 heteroatoms. The van der Waals surface area contributed by atoms with Crippen LogP contribution in [0.15, 0.2) is 34.6 Å². The number of alkyl halides is 3. The minimum atomic E-state index is -4.40. The Hall–Kier alpha value is -1.92. The predicted molar refractivity (Wildman–Crippen MR) is 60.2 cm³/mol. The van der Waals surface area contributed by atoms with E-state index in [1.54, 1.807) is 0 Å². The van der Waals surface area contributed by atoms with Crippen molar-refractivity contribution in [2.24, 2.45) is 10.3 Å². The lowest BCUT2D eigenvalue weighted by Gasteiger charge is -2.10. The Labute approximate surface area is 101 Å². The maximum absolute atomic E-state index is 12.4. The first kappa shape index (κ1) is 14.1. The standard InChI is InChI=1S/C11H11F3N2O2/c1-7(15-17)10(16-18-2)8-3-5-9(6-4-8)11(12,13)14/h3-7H,1-2H3. The first-order valence-corrected chi connectivity index (χ1v) is 5.01. The molecule has 0 heterocycles. The highest BCUT2D eigenvalue weighted by atomic mass is 19.4. The summed E-state index contributed by atoms with van der Waals surface area (Å²) in [6.07, 6.45) is -4.40. The van der Waals surface area contributed by atoms with E-state index in [-0.39, 0.29) is 5.71 Å². The Morgan fingerprint density at radius 1 is 1.28 bits per heavy atom. The summed E-state index contributed by atoms with van der Waals surface area (Å²) in [5, 5.41) is 6.37. The van der Waals surface area contributed by atoms with Crippen molar-refractivity contribution < 1.29 is 18.0 Å². The van der Waals surface area contributed by atoms with Crippen molar-refractivity contribution in [2.75, 3.05) is 7.11 Å². The van der Waals surface area contributed by atoms with Gasteiger partial charge in [0.25, 0.3) is 0 Å². The summed E-state index contributed by atoms with van der Waals surface area (Å²) in [7, 11) is 1.28. The van der Waals surface area contributed by atoms with Crippen LogP contribution < -0.4 is 0 Å². The molecule has 1 atom stereocenters. The molecule has 18 heavy (non-hydrogen) atoms. The van der Waals surface area contributed by atoms with Gasteiger partial charge in [-0.1, -0.05) is 22.5 Å². The maximum atomic E-state index is 12.4. The van der Waals surface area contributed by atoms with E-state index in [0.717, 1.165) is 12.1 Å². The van der Waals surface area contributed by atoms with Gasteiger partial charge in [-0.05, 0) is 19.1 Å². The van der Waals surface area contributed by atoms with Crippen molar-refractivity contribution in [2.45, 2.75) is 19.1 Å². The molecular weight excluding hydrogens is 249 g/mol. The molecule has 0 bridgehead atoms. The van der Waals surface area contributed by atoms with Crippen molar-refractivity contribution in [1.82, 2.24) is 0 Å². The molecule has 0 spiro atoms. The molecule has 1 aromatic rings. The summed E-state index contributed by atoms with van der Waals surface area (Å²) in [6, 6.07) is 3.47. The molecule has 0 N–H and O–H groups in total. The van der Waals surface area contributed by atoms with Crippen LogP contribution in [0.4, 0.5) is 13.2 Å². The van der Waals surface area contributed by atoms with Crippen LogP contribution in [-0.2, 0) is 11.0 Å². The number of halogens is 3. The SMILES string of the molecule is CON=C(c1ccc(C(F)(F)F)cc1)C(C)N=O. The molecule has 0 saturated heterocycles. The zero-order chi connectivity index (χ0) is 13.8. The lowest BCUT2D eigenvalue weighted by atomic mass is 10.0. The second-order valence-electron chi connectivity index (χ2n) is 3.52. The summed E-state index contributed by atoms with van der Waals surface area (Å²) < 4.78 is 37.1. The summed E-state index contributed by atoms with van der Waals surface area (Å²) in [5.74, 6) is 0. The van der Waals surface area contributed by atoms with Crippen LogP contribution in [-0.4, -0.2) is 18.9 Å². The molecule has 0 fully saturated rings. The lowest BCUT2D eigenvalue weighted by Crippen LogP contribution is -2.16. The summed E-state index contributed by atoms with van der Waals surface area (Å²) >= 11 is 0. The van der Waals surface area contributed by atoms with E-state index in [2.05, 4.69) is 15.2 Å². The molecule has 0 amide bonds. The third kappa shape index (κ3) is 3.28. The van der Waals surface area contributed by atoms with Crippen molar-refractivity contribution in [3.05, 3.63) is 40.3 Å². The van der Waals surface area contributed by atoms with Crippen molar-refractivity contribution >= 4 is 5.71 Å². The van der Waals surface area contributed by atoms with Gasteiger partial charge < -0.3 is 4.84 Å². The molecule has 0 radical (unpaired) electrons. The fourth-order valence-electron chi connectivity index (χ4n) is 1.35. The summed E-state index contributed by atoms with van der Waals surface area (Å²) in [5.41, 5.74) is -0.229. The second-order valence-corrected chi connectivity index (χ2v) is 3.52. The molecule has 1 unspecified atom stereocenters. The number of oxime groups is 1. The van der Waals surface area contributed by atoms with Gasteiger partial charge in [0.1, 0.15) is 18.9 Å². The highest BCUT2D eigenvalue weighted by Crippen LogP contribution is 2.29. The zero-order valence-electron chi connectivity index (χ0n) is 9.73. The van der Waals surface area contributed by atoms with E-state index >= 15 is 0 Å². The topological polar surface area (TPSA) is 51.0 Å². The number of nitrogens with zero attached hydrogens (tertiary/aromatic N) is 2. The number of hydrogen-bond donors (Lipinski definition) is 0. The molecule has 1 rings (SSSR count). The van der Waals surface area contributed by atoms with Gasteiger partial charge in [-0.15, -0.1) is 0 Å². The van der Waals surface area contributed by atoms with E-state index in [9.17, 15) is 18.1 Å². The van der Waals surface area contributed by atoms with Gasteiger partial charge in [0.2, 0.25) is 0 Å². The van der Waals surface area contributed by atoms with Crippen LogP contribution in [0.25, 0.3) is 0 Å². The van der Waals surface area contributed by atoms with Crippen LogP contribution in [0, 0.1) is 4.91 Å². The molecule has 1 aromatic carbocycles. The monoisotopic (exact) mass is 260 g/mol. The molecule has 0 aromatic heterocycles. The van der Waals surface area contributed by atoms with Gasteiger partial charge in [0.15, 0.2) is 0 Å². The second kappa shape index (κ2) is 5.61. The Morgan fingerprint density at radius 3 is 2.22 bits per heavy atom. The Morgan fingerprint density at radius 2 is 1.83 bits per heavy atom. The van der Waals surface area contributed by atoms with Crippen LogP contribution in [0.2, 0.25) is 0 Å². The van der Waals surface area contributed by atoms with E-state index in [1.807, 2.05) is 0 Å². The van der Waals surface area contributed by atoms with Crippen LogP contribution in [0.1, 0.15) is 18.1 Å². The lowest BCUT2D eigenvalue weighted by molar-refractivity contribution is -0.137. The average Bonchev–Trinajstić information content (AvgIpc) is 2.34. The molecule has 0 aliphatic rings. The highest BCUT2D eigenvalue weighted by Gasteiger charge is 2.30. The van der Waals surface area contributed by atoms with Gasteiger partial charge in [0.05, 0.1) is 5.56 Å². The van der Waals surface area contributed by atoms with E-state index in [1.165, 1.54) is 26.2 Å². The molecular formula is C11H11F3N2O2. The smallest absolute Gasteiger partial charge is 0.399 e. The summed E-state index contributed by atoms with van der Waals surface area (Å²) in [6.45, 7) is 1.47. The number of benzene rings is 1. The Kier molecular flexibility index (Phi) is 4.41. The Bertz CT molecular complexity index is 441. The highest BCUT2D eigenvalue weighted by molar-refractivity contribution is 6.04. The third-order valence-electron chi connectivity index (χ3n) is 2.25. The zero-order valence-corrected chi connectivity index (χ0v) is 9.73. The normalized spacial score (nSPS) is 14.2. The quantitative estimate of drug-likeness (QED) is 0.474. The van der Waals surface area contributed by atoms with Gasteiger partial charge in [0, 0.05) is 5.56 Å². The molecule has 4 nitrogen and oxygen atoms in total. The van der Waals surface area contributed by atoms with Crippen LogP contribution in [0.5, 0.6) is 0 Å². The van der Waals surface area contributed by atoms with Gasteiger partial charge in [-0.2, -0.15) is 18.1 Å². The van der Waals surface area contributed by atoms with Crippen LogP contribution in [0.3, 0.4) is 0 Å². The number of hydrogen-bond acceptors (Lipinski definition) is 4. The molecule has 0 aliphatic heterocycles. The third-order valence-corrected chi connectivity index (χ3v) is 2.25. The van der Waals surface area contributed by atoms with Gasteiger partial charge in [-0.3, -0.25) is 0 Å². The predicted octanol–water partition coefficient (Wildman–Crippen LogP) is 3.21.